The van der Waals surface area contributed by atoms with Crippen molar-refractivity contribution in [3.05, 3.63) is 41.1 Å². The van der Waals surface area contributed by atoms with Gasteiger partial charge in [-0.15, -0.1) is 0 Å². The summed E-state index contributed by atoms with van der Waals surface area (Å²) >= 11 is 0. The zero-order chi connectivity index (χ0) is 25.0. The molecule has 2 aliphatic rings. The van der Waals surface area contributed by atoms with Gasteiger partial charge in [0, 0.05) is 12.7 Å². The van der Waals surface area contributed by atoms with E-state index in [4.69, 9.17) is 18.9 Å². The van der Waals surface area contributed by atoms with Crippen molar-refractivity contribution < 1.29 is 51.6 Å². The van der Waals surface area contributed by atoms with Gasteiger partial charge in [0.2, 0.25) is 0 Å². The lowest BCUT2D eigenvalue weighted by atomic mass is 10.1. The molecule has 14 heteroatoms. The molecule has 2 atom stereocenters. The number of carbonyl (C=O) groups excluding carboxylic acids is 3. The van der Waals surface area contributed by atoms with Gasteiger partial charge in [0.1, 0.15) is 31.2 Å². The molecule has 2 N–H and O–H groups in total. The number of alkyl carbamates (subject to hydrolysis) is 1. The van der Waals surface area contributed by atoms with Crippen molar-refractivity contribution in [2.75, 3.05) is 33.1 Å². The number of methoxy groups -OCH3 is 2. The number of amides is 2. The highest BCUT2D eigenvalue weighted by molar-refractivity contribution is 7.92. The van der Waals surface area contributed by atoms with Crippen LogP contribution < -0.4 is 10.1 Å². The average molecular weight is 498 g/mol. The lowest BCUT2D eigenvalue weighted by Gasteiger charge is -2.48. The third kappa shape index (κ3) is 5.12. The molecule has 0 aromatic heterocycles. The van der Waals surface area contributed by atoms with Crippen molar-refractivity contribution in [2.24, 2.45) is 0 Å². The number of fused-ring (bicyclic) bond motifs is 1. The van der Waals surface area contributed by atoms with Gasteiger partial charge in [-0.2, -0.15) is 0 Å². The van der Waals surface area contributed by atoms with Gasteiger partial charge in [0.15, 0.2) is 21.3 Å². The molecule has 0 aliphatic carbocycles. The number of carboxylic acids is 1. The first-order valence-corrected chi connectivity index (χ1v) is 11.5. The van der Waals surface area contributed by atoms with Gasteiger partial charge in [-0.05, 0) is 17.7 Å². The predicted octanol–water partition coefficient (Wildman–Crippen LogP) is -0.585. The van der Waals surface area contributed by atoms with Gasteiger partial charge in [0.05, 0.1) is 12.9 Å². The summed E-state index contributed by atoms with van der Waals surface area (Å²) in [5, 5.41) is 10.2. The second-order valence-electron chi connectivity index (χ2n) is 7.26. The fraction of sp³-hybridized carbons (Fsp3) is 0.400. The van der Waals surface area contributed by atoms with Crippen LogP contribution in [0.15, 0.2) is 35.5 Å². The summed E-state index contributed by atoms with van der Waals surface area (Å²) in [4.78, 5) is 48.2. The fourth-order valence-electron chi connectivity index (χ4n) is 3.46. The van der Waals surface area contributed by atoms with E-state index in [1.807, 2.05) is 0 Å². The molecule has 0 saturated carbocycles. The number of β-lactam (4-membered cyclic amide) rings is 1. The topological polar surface area (TPSA) is 175 Å². The molecule has 2 amide bonds. The van der Waals surface area contributed by atoms with Crippen molar-refractivity contribution in [1.82, 2.24) is 10.2 Å². The molecule has 2 aliphatic heterocycles. The highest BCUT2D eigenvalue weighted by Crippen LogP contribution is 2.37. The van der Waals surface area contributed by atoms with Crippen molar-refractivity contribution >= 4 is 33.8 Å². The SMILES string of the molecule is COc1ccc(COC(=O)CNC(=O)OCC2=C(C(=O)O)N3C(=O)[C@@H](OC)C3S(=O)(=O)C2)cc1. The minimum absolute atomic E-state index is 0.0419. The zero-order valence-electron chi connectivity index (χ0n) is 18.2. The van der Waals surface area contributed by atoms with Crippen LogP contribution in [-0.2, 0) is 45.0 Å². The maximum atomic E-state index is 12.5. The van der Waals surface area contributed by atoms with E-state index in [1.165, 1.54) is 7.11 Å². The molecular formula is C20H22N2O11S. The zero-order valence-corrected chi connectivity index (χ0v) is 19.0. The summed E-state index contributed by atoms with van der Waals surface area (Å²) < 4.78 is 44.7. The van der Waals surface area contributed by atoms with E-state index in [0.717, 1.165) is 7.11 Å². The lowest BCUT2D eigenvalue weighted by molar-refractivity contribution is -0.162. The number of carbonyl (C=O) groups is 4. The molecular weight excluding hydrogens is 476 g/mol. The molecule has 1 aromatic rings. The summed E-state index contributed by atoms with van der Waals surface area (Å²) in [5.41, 5.74) is -0.174. The molecule has 1 saturated heterocycles. The Kier molecular flexibility index (Phi) is 7.41. The van der Waals surface area contributed by atoms with Gasteiger partial charge >= 0.3 is 18.0 Å². The molecule has 13 nitrogen and oxygen atoms in total. The van der Waals surface area contributed by atoms with Crippen LogP contribution in [0.5, 0.6) is 5.75 Å². The molecule has 184 valence electrons. The van der Waals surface area contributed by atoms with E-state index < -0.39 is 69.9 Å². The van der Waals surface area contributed by atoms with Crippen LogP contribution in [0, 0.1) is 0 Å². The molecule has 0 bridgehead atoms. The number of nitrogens with zero attached hydrogens (tertiary/aromatic N) is 1. The van der Waals surface area contributed by atoms with Gasteiger partial charge in [-0.25, -0.2) is 18.0 Å². The standard InChI is InChI=1S/C20H22N2O11S/c1-30-13-5-3-11(4-6-13)8-32-14(23)7-21-20(27)33-9-12-10-34(28,29)18-16(31-2)17(24)22(18)15(12)19(25)26/h3-6,16,18H,7-10H2,1-2H3,(H,21,27)(H,25,26)/t16-,18?/m1/s1. The number of aliphatic carboxylic acids is 1. The maximum Gasteiger partial charge on any atom is 0.407 e. The Labute approximate surface area is 194 Å². The first kappa shape index (κ1) is 25.0. The van der Waals surface area contributed by atoms with Crippen LogP contribution in [0.1, 0.15) is 5.56 Å². The Hall–Kier alpha value is -3.65. The van der Waals surface area contributed by atoms with Crippen LogP contribution >= 0.6 is 0 Å². The number of esters is 1. The Morgan fingerprint density at radius 3 is 2.38 bits per heavy atom. The highest BCUT2D eigenvalue weighted by Gasteiger charge is 2.60. The number of benzene rings is 1. The number of hydrogen-bond donors (Lipinski definition) is 2. The third-order valence-corrected chi connectivity index (χ3v) is 7.03. The van der Waals surface area contributed by atoms with Crippen LogP contribution in [0.4, 0.5) is 4.79 Å². The number of nitrogens with one attached hydrogen (secondary N) is 1. The van der Waals surface area contributed by atoms with Crippen LogP contribution in [0.2, 0.25) is 0 Å². The summed E-state index contributed by atoms with van der Waals surface area (Å²) in [6, 6.07) is 6.77. The first-order valence-electron chi connectivity index (χ1n) is 9.81. The molecule has 1 fully saturated rings. The molecule has 34 heavy (non-hydrogen) atoms. The molecule has 2 heterocycles. The van der Waals surface area contributed by atoms with Crippen molar-refractivity contribution in [2.45, 2.75) is 18.1 Å². The minimum Gasteiger partial charge on any atom is -0.497 e. The summed E-state index contributed by atoms with van der Waals surface area (Å²) in [6.07, 6.45) is -2.41. The number of sulfone groups is 1. The van der Waals surface area contributed by atoms with E-state index in [2.05, 4.69) is 5.32 Å². The number of ether oxygens (including phenoxy) is 4. The first-order chi connectivity index (χ1) is 16.1. The van der Waals surface area contributed by atoms with Gasteiger partial charge < -0.3 is 29.4 Å². The van der Waals surface area contributed by atoms with E-state index in [-0.39, 0.29) is 12.2 Å². The molecule has 1 aromatic carbocycles. The van der Waals surface area contributed by atoms with Crippen molar-refractivity contribution in [1.29, 1.82) is 0 Å². The number of carboxylic acid groups (broad SMARTS) is 1. The Bertz CT molecular complexity index is 1130. The largest absolute Gasteiger partial charge is 0.497 e. The average Bonchev–Trinajstić information content (AvgIpc) is 2.80. The Balaban J connectivity index is 1.54. The normalized spacial score (nSPS) is 20.6. The van der Waals surface area contributed by atoms with Gasteiger partial charge in [-0.1, -0.05) is 12.1 Å². The second kappa shape index (κ2) is 10.1. The van der Waals surface area contributed by atoms with Gasteiger partial charge in [-0.3, -0.25) is 14.5 Å². The summed E-state index contributed by atoms with van der Waals surface area (Å²) in [5.74, 6) is -3.24. The maximum absolute atomic E-state index is 12.5. The lowest BCUT2D eigenvalue weighted by Crippen LogP contribution is -2.70. The van der Waals surface area contributed by atoms with Crippen molar-refractivity contribution in [3.63, 3.8) is 0 Å². The number of hydrogen-bond acceptors (Lipinski definition) is 10. The van der Waals surface area contributed by atoms with Crippen molar-refractivity contribution in [3.8, 4) is 5.75 Å². The fourth-order valence-corrected chi connectivity index (χ4v) is 5.47. The van der Waals surface area contributed by atoms with E-state index >= 15 is 0 Å². The highest BCUT2D eigenvalue weighted by atomic mass is 32.2. The quantitative estimate of drug-likeness (QED) is 0.329. The summed E-state index contributed by atoms with van der Waals surface area (Å²) in [7, 11) is -1.32. The molecule has 1 unspecified atom stereocenters. The third-order valence-electron chi connectivity index (χ3n) is 5.08. The monoisotopic (exact) mass is 498 g/mol. The second-order valence-corrected chi connectivity index (χ2v) is 9.36. The number of rotatable bonds is 9. The minimum atomic E-state index is -3.98. The Morgan fingerprint density at radius 2 is 1.79 bits per heavy atom. The van der Waals surface area contributed by atoms with E-state index in [0.29, 0.717) is 16.2 Å². The van der Waals surface area contributed by atoms with Crippen LogP contribution in [0.3, 0.4) is 0 Å². The summed E-state index contributed by atoms with van der Waals surface area (Å²) in [6.45, 7) is -1.30. The Morgan fingerprint density at radius 1 is 1.12 bits per heavy atom. The molecule has 3 rings (SSSR count). The predicted molar refractivity (Wildman–Crippen MR) is 112 cm³/mol. The molecule has 0 spiro atoms. The van der Waals surface area contributed by atoms with Gasteiger partial charge in [0.25, 0.3) is 5.91 Å². The molecule has 0 radical (unpaired) electrons. The van der Waals surface area contributed by atoms with Crippen LogP contribution in [-0.4, -0.2) is 87.0 Å². The van der Waals surface area contributed by atoms with E-state index in [1.54, 1.807) is 24.3 Å². The smallest absolute Gasteiger partial charge is 0.407 e. The van der Waals surface area contributed by atoms with Crippen LogP contribution in [0.25, 0.3) is 0 Å². The van der Waals surface area contributed by atoms with E-state index in [9.17, 15) is 32.7 Å².